The number of halogens is 2. The fourth-order valence-electron chi connectivity index (χ4n) is 1.14. The fraction of sp³-hybridized carbons (Fsp3) is 0.273. The lowest BCUT2D eigenvalue weighted by molar-refractivity contribution is -0.211. The number of benzene rings is 1. The number of carbonyl (C=O) groups is 2. The summed E-state index contributed by atoms with van der Waals surface area (Å²) >= 11 is 0. The van der Waals surface area contributed by atoms with Crippen LogP contribution in [0.3, 0.4) is 0 Å². The molecule has 1 N–H and O–H groups in total. The number of aliphatic carboxylic acids is 1. The van der Waals surface area contributed by atoms with Crippen LogP contribution in [0.5, 0.6) is 5.75 Å². The van der Waals surface area contributed by atoms with Crippen molar-refractivity contribution in [1.29, 1.82) is 0 Å². The van der Waals surface area contributed by atoms with Crippen LogP contribution >= 0.6 is 0 Å². The second-order valence-electron chi connectivity index (χ2n) is 3.40. The van der Waals surface area contributed by atoms with E-state index in [2.05, 4.69) is 9.47 Å². The summed E-state index contributed by atoms with van der Waals surface area (Å²) in [6.07, 6.45) is -4.36. The van der Waals surface area contributed by atoms with Gasteiger partial charge in [0.1, 0.15) is 5.75 Å². The van der Waals surface area contributed by atoms with Gasteiger partial charge in [0.05, 0.1) is 12.7 Å². The Morgan fingerprint density at radius 1 is 1.33 bits per heavy atom. The van der Waals surface area contributed by atoms with E-state index in [1.807, 2.05) is 0 Å². The van der Waals surface area contributed by atoms with Crippen LogP contribution in [-0.4, -0.2) is 30.3 Å². The standard InChI is InChI=1S/C11H10F2O5/c1-6-3-4-7(9(14)17-2)5-8(6)18-11(12,13)10(15)16/h3-5H,1-2H3,(H,15,16). The van der Waals surface area contributed by atoms with Gasteiger partial charge in [-0.1, -0.05) is 6.07 Å². The summed E-state index contributed by atoms with van der Waals surface area (Å²) in [5, 5.41) is 8.25. The van der Waals surface area contributed by atoms with Gasteiger partial charge in [0.2, 0.25) is 0 Å². The van der Waals surface area contributed by atoms with Gasteiger partial charge in [-0.05, 0) is 24.6 Å². The summed E-state index contributed by atoms with van der Waals surface area (Å²) in [5.74, 6) is -3.55. The van der Waals surface area contributed by atoms with E-state index in [-0.39, 0.29) is 11.1 Å². The van der Waals surface area contributed by atoms with Crippen molar-refractivity contribution < 1.29 is 33.0 Å². The van der Waals surface area contributed by atoms with E-state index in [1.165, 1.54) is 19.1 Å². The van der Waals surface area contributed by atoms with Crippen LogP contribution in [0.1, 0.15) is 15.9 Å². The van der Waals surface area contributed by atoms with Gasteiger partial charge in [-0.15, -0.1) is 0 Å². The van der Waals surface area contributed by atoms with Crippen LogP contribution in [0.4, 0.5) is 8.78 Å². The van der Waals surface area contributed by atoms with Gasteiger partial charge in [0.25, 0.3) is 0 Å². The van der Waals surface area contributed by atoms with Crippen molar-refractivity contribution in [3.63, 3.8) is 0 Å². The molecule has 0 saturated carbocycles. The number of hydrogen-bond acceptors (Lipinski definition) is 4. The van der Waals surface area contributed by atoms with Crippen LogP contribution in [0, 0.1) is 6.92 Å². The maximum atomic E-state index is 12.9. The van der Waals surface area contributed by atoms with Gasteiger partial charge >= 0.3 is 18.0 Å². The number of hydrogen-bond donors (Lipinski definition) is 1. The Hall–Kier alpha value is -2.18. The number of carbonyl (C=O) groups excluding carboxylic acids is 1. The summed E-state index contributed by atoms with van der Waals surface area (Å²) in [5.41, 5.74) is 0.253. The van der Waals surface area contributed by atoms with Gasteiger partial charge in [-0.2, -0.15) is 8.78 Å². The molecule has 0 aliphatic heterocycles. The third-order valence-electron chi connectivity index (χ3n) is 2.10. The molecule has 98 valence electrons. The first-order valence-electron chi connectivity index (χ1n) is 4.77. The molecule has 0 atom stereocenters. The highest BCUT2D eigenvalue weighted by Crippen LogP contribution is 2.26. The Labute approximate surface area is 101 Å². The normalized spacial score (nSPS) is 10.9. The number of alkyl halides is 2. The number of ether oxygens (including phenoxy) is 2. The van der Waals surface area contributed by atoms with Gasteiger partial charge in [-0.25, -0.2) is 9.59 Å². The van der Waals surface area contributed by atoms with Crippen molar-refractivity contribution in [1.82, 2.24) is 0 Å². The monoisotopic (exact) mass is 260 g/mol. The summed E-state index contributed by atoms with van der Waals surface area (Å²) in [7, 11) is 1.13. The Bertz CT molecular complexity index is 484. The van der Waals surface area contributed by atoms with E-state index < -0.39 is 23.8 Å². The summed E-state index contributed by atoms with van der Waals surface area (Å²) in [6.45, 7) is 1.44. The summed E-state index contributed by atoms with van der Waals surface area (Å²) in [4.78, 5) is 21.4. The van der Waals surface area contributed by atoms with E-state index in [1.54, 1.807) is 0 Å². The minimum absolute atomic E-state index is 0.0145. The molecule has 1 rings (SSSR count). The zero-order chi connectivity index (χ0) is 13.9. The van der Waals surface area contributed by atoms with Crippen LogP contribution < -0.4 is 4.74 Å². The fourth-order valence-corrected chi connectivity index (χ4v) is 1.14. The first-order valence-corrected chi connectivity index (χ1v) is 4.77. The minimum atomic E-state index is -4.36. The molecular formula is C11H10F2O5. The molecule has 1 aromatic carbocycles. The summed E-state index contributed by atoms with van der Waals surface area (Å²) < 4.78 is 34.3. The Balaban J connectivity index is 3.09. The van der Waals surface area contributed by atoms with E-state index in [0.717, 1.165) is 13.2 Å². The van der Waals surface area contributed by atoms with E-state index in [9.17, 15) is 18.4 Å². The van der Waals surface area contributed by atoms with E-state index >= 15 is 0 Å². The lowest BCUT2D eigenvalue weighted by Crippen LogP contribution is -2.35. The van der Waals surface area contributed by atoms with Crippen LogP contribution in [0.15, 0.2) is 18.2 Å². The van der Waals surface area contributed by atoms with Crippen LogP contribution in [0.25, 0.3) is 0 Å². The number of methoxy groups -OCH3 is 1. The highest BCUT2D eigenvalue weighted by Gasteiger charge is 2.42. The molecule has 18 heavy (non-hydrogen) atoms. The minimum Gasteiger partial charge on any atom is -0.474 e. The molecule has 0 fully saturated rings. The molecule has 0 aromatic heterocycles. The van der Waals surface area contributed by atoms with Crippen molar-refractivity contribution in [2.45, 2.75) is 13.0 Å². The Morgan fingerprint density at radius 2 is 1.94 bits per heavy atom. The van der Waals surface area contributed by atoms with Crippen molar-refractivity contribution >= 4 is 11.9 Å². The molecule has 0 spiro atoms. The Morgan fingerprint density at radius 3 is 2.44 bits per heavy atom. The zero-order valence-corrected chi connectivity index (χ0v) is 9.57. The molecule has 0 heterocycles. The maximum Gasteiger partial charge on any atom is 0.501 e. The van der Waals surface area contributed by atoms with Crippen LogP contribution in [0.2, 0.25) is 0 Å². The highest BCUT2D eigenvalue weighted by molar-refractivity contribution is 5.90. The molecule has 0 radical (unpaired) electrons. The van der Waals surface area contributed by atoms with Crippen molar-refractivity contribution in [3.05, 3.63) is 29.3 Å². The molecule has 1 aromatic rings. The average molecular weight is 260 g/mol. The van der Waals surface area contributed by atoms with Crippen molar-refractivity contribution in [2.24, 2.45) is 0 Å². The first-order chi connectivity index (χ1) is 8.27. The topological polar surface area (TPSA) is 72.8 Å². The lowest BCUT2D eigenvalue weighted by Gasteiger charge is -2.15. The predicted molar refractivity (Wildman–Crippen MR) is 55.7 cm³/mol. The highest BCUT2D eigenvalue weighted by atomic mass is 19.3. The average Bonchev–Trinajstić information content (AvgIpc) is 2.30. The van der Waals surface area contributed by atoms with Gasteiger partial charge in [0, 0.05) is 0 Å². The number of rotatable bonds is 4. The first kappa shape index (κ1) is 13.9. The quantitative estimate of drug-likeness (QED) is 0.836. The third kappa shape index (κ3) is 2.93. The second kappa shape index (κ2) is 4.99. The molecule has 5 nitrogen and oxygen atoms in total. The SMILES string of the molecule is COC(=O)c1ccc(C)c(OC(F)(F)C(=O)O)c1. The number of carboxylic acid groups (broad SMARTS) is 1. The molecule has 0 saturated heterocycles. The molecule has 0 aliphatic rings. The zero-order valence-electron chi connectivity index (χ0n) is 9.57. The second-order valence-corrected chi connectivity index (χ2v) is 3.40. The molecule has 0 unspecified atom stereocenters. The molecule has 7 heteroatoms. The van der Waals surface area contributed by atoms with Gasteiger partial charge < -0.3 is 14.6 Å². The van der Waals surface area contributed by atoms with Gasteiger partial charge in [0.15, 0.2) is 0 Å². The molecular weight excluding hydrogens is 250 g/mol. The van der Waals surface area contributed by atoms with E-state index in [0.29, 0.717) is 0 Å². The predicted octanol–water partition coefficient (Wildman–Crippen LogP) is 1.84. The number of aryl methyl sites for hydroxylation is 1. The van der Waals surface area contributed by atoms with Crippen molar-refractivity contribution in [2.75, 3.05) is 7.11 Å². The van der Waals surface area contributed by atoms with Crippen LogP contribution in [-0.2, 0) is 9.53 Å². The van der Waals surface area contributed by atoms with Gasteiger partial charge in [-0.3, -0.25) is 0 Å². The molecule has 0 amide bonds. The largest absolute Gasteiger partial charge is 0.501 e. The maximum absolute atomic E-state index is 12.9. The number of carboxylic acids is 1. The summed E-state index contributed by atoms with van der Waals surface area (Å²) in [6, 6.07) is 3.70. The smallest absolute Gasteiger partial charge is 0.474 e. The van der Waals surface area contributed by atoms with Crippen molar-refractivity contribution in [3.8, 4) is 5.75 Å². The Kier molecular flexibility index (Phi) is 3.85. The molecule has 0 aliphatic carbocycles. The van der Waals surface area contributed by atoms with E-state index in [4.69, 9.17) is 5.11 Å². The number of esters is 1. The molecule has 0 bridgehead atoms. The third-order valence-corrected chi connectivity index (χ3v) is 2.10. The lowest BCUT2D eigenvalue weighted by atomic mass is 10.1.